The van der Waals surface area contributed by atoms with Crippen molar-refractivity contribution < 1.29 is 5.11 Å². The first-order valence-electron chi connectivity index (χ1n) is 4.96. The van der Waals surface area contributed by atoms with Crippen LogP contribution in [0.25, 0.3) is 0 Å². The highest BCUT2D eigenvalue weighted by Crippen LogP contribution is 2.19. The topological polar surface area (TPSA) is 58.0 Å². The van der Waals surface area contributed by atoms with Gasteiger partial charge in [-0.05, 0) is 42.4 Å². The molecule has 2 N–H and O–H groups in total. The van der Waals surface area contributed by atoms with Crippen LogP contribution in [-0.4, -0.2) is 27.2 Å². The first-order chi connectivity index (χ1) is 7.09. The van der Waals surface area contributed by atoms with Crippen molar-refractivity contribution in [2.24, 2.45) is 0 Å². The molecule has 0 saturated carbocycles. The van der Waals surface area contributed by atoms with Gasteiger partial charge in [-0.1, -0.05) is 6.92 Å². The Morgan fingerprint density at radius 3 is 2.53 bits per heavy atom. The Kier molecular flexibility index (Phi) is 4.72. The number of nitrogens with one attached hydrogen (secondary N) is 1. The molecule has 5 heteroatoms. The molecule has 1 atom stereocenters. The molecule has 0 amide bonds. The highest BCUT2D eigenvalue weighted by Gasteiger charge is 2.21. The minimum Gasteiger partial charge on any atom is -0.396 e. The second-order valence-electron chi connectivity index (χ2n) is 3.74. The number of aromatic nitrogens is 2. The number of hydrogen-bond donors (Lipinski definition) is 2. The molecule has 15 heavy (non-hydrogen) atoms. The van der Waals surface area contributed by atoms with Crippen LogP contribution in [0.3, 0.4) is 0 Å². The number of rotatable bonds is 5. The Hall–Kier alpha value is -0.430. The fraction of sp³-hybridized carbons (Fsp3) is 0.600. The van der Waals surface area contributed by atoms with Gasteiger partial charge in [-0.3, -0.25) is 0 Å². The van der Waals surface area contributed by atoms with E-state index >= 15 is 0 Å². The van der Waals surface area contributed by atoms with Crippen LogP contribution in [-0.2, 0) is 0 Å². The minimum absolute atomic E-state index is 0.137. The highest BCUT2D eigenvalue weighted by molar-refractivity contribution is 14.1. The van der Waals surface area contributed by atoms with Crippen LogP contribution in [0.5, 0.6) is 0 Å². The van der Waals surface area contributed by atoms with Crippen LogP contribution >= 0.6 is 22.6 Å². The lowest BCUT2D eigenvalue weighted by atomic mass is 9.95. The summed E-state index contributed by atoms with van der Waals surface area (Å²) in [6.07, 6.45) is 5.15. The van der Waals surface area contributed by atoms with Gasteiger partial charge in [0.05, 0.1) is 0 Å². The average molecular weight is 321 g/mol. The van der Waals surface area contributed by atoms with Crippen molar-refractivity contribution in [3.05, 3.63) is 16.0 Å². The van der Waals surface area contributed by atoms with Gasteiger partial charge < -0.3 is 10.4 Å². The summed E-state index contributed by atoms with van der Waals surface area (Å²) in [5, 5.41) is 12.2. The van der Waals surface area contributed by atoms with E-state index in [1.165, 1.54) is 0 Å². The molecular formula is C10H16IN3O. The van der Waals surface area contributed by atoms with Gasteiger partial charge in [0.15, 0.2) is 0 Å². The van der Waals surface area contributed by atoms with E-state index in [0.29, 0.717) is 12.4 Å². The third kappa shape index (κ3) is 3.90. The quantitative estimate of drug-likeness (QED) is 0.815. The van der Waals surface area contributed by atoms with Crippen molar-refractivity contribution in [3.63, 3.8) is 0 Å². The predicted molar refractivity (Wildman–Crippen MR) is 68.8 cm³/mol. The summed E-state index contributed by atoms with van der Waals surface area (Å²) < 4.78 is 1.01. The molecular weight excluding hydrogens is 305 g/mol. The summed E-state index contributed by atoms with van der Waals surface area (Å²) in [7, 11) is 0. The fourth-order valence-corrected chi connectivity index (χ4v) is 1.50. The second kappa shape index (κ2) is 5.60. The van der Waals surface area contributed by atoms with E-state index < -0.39 is 0 Å². The molecule has 0 aromatic carbocycles. The molecule has 0 aliphatic carbocycles. The Labute approximate surface area is 104 Å². The Balaban J connectivity index is 2.70. The molecule has 1 unspecified atom stereocenters. The summed E-state index contributed by atoms with van der Waals surface area (Å²) in [4.78, 5) is 8.36. The van der Waals surface area contributed by atoms with E-state index in [0.717, 1.165) is 9.99 Å². The second-order valence-corrected chi connectivity index (χ2v) is 4.98. The summed E-state index contributed by atoms with van der Waals surface area (Å²) in [5.74, 6) is 0.619. The van der Waals surface area contributed by atoms with Crippen LogP contribution in [0.15, 0.2) is 12.4 Å². The molecule has 1 aromatic heterocycles. The van der Waals surface area contributed by atoms with Crippen molar-refractivity contribution in [1.29, 1.82) is 0 Å². The summed E-state index contributed by atoms with van der Waals surface area (Å²) in [6.45, 7) is 4.31. The van der Waals surface area contributed by atoms with E-state index in [4.69, 9.17) is 5.11 Å². The van der Waals surface area contributed by atoms with Crippen LogP contribution in [0.4, 0.5) is 5.95 Å². The standard InChI is InChI=1S/C10H16IN3O/c1-3-10(2,4-5-15)14-9-12-6-8(11)7-13-9/h6-7,15H,3-5H2,1-2H3,(H,12,13,14). The number of halogens is 1. The van der Waals surface area contributed by atoms with Crippen LogP contribution in [0.2, 0.25) is 0 Å². The summed E-state index contributed by atoms with van der Waals surface area (Å²) in [6, 6.07) is 0. The van der Waals surface area contributed by atoms with Crippen molar-refractivity contribution in [1.82, 2.24) is 9.97 Å². The highest BCUT2D eigenvalue weighted by atomic mass is 127. The third-order valence-corrected chi connectivity index (χ3v) is 3.03. The average Bonchev–Trinajstić information content (AvgIpc) is 2.22. The van der Waals surface area contributed by atoms with Crippen molar-refractivity contribution >= 4 is 28.5 Å². The lowest BCUT2D eigenvalue weighted by Crippen LogP contribution is -2.35. The lowest BCUT2D eigenvalue weighted by molar-refractivity contribution is 0.251. The number of nitrogens with zero attached hydrogens (tertiary/aromatic N) is 2. The van der Waals surface area contributed by atoms with Gasteiger partial charge in [0.1, 0.15) is 0 Å². The fourth-order valence-electron chi connectivity index (χ4n) is 1.22. The molecule has 0 spiro atoms. The largest absolute Gasteiger partial charge is 0.396 e. The Morgan fingerprint density at radius 1 is 1.47 bits per heavy atom. The monoisotopic (exact) mass is 321 g/mol. The number of anilines is 1. The summed E-state index contributed by atoms with van der Waals surface area (Å²) >= 11 is 2.17. The van der Waals surface area contributed by atoms with Crippen LogP contribution in [0, 0.1) is 3.57 Å². The van der Waals surface area contributed by atoms with Gasteiger partial charge in [-0.2, -0.15) is 0 Å². The predicted octanol–water partition coefficient (Wildman–Crippen LogP) is 2.04. The van der Waals surface area contributed by atoms with Crippen LogP contribution in [0.1, 0.15) is 26.7 Å². The third-order valence-electron chi connectivity index (χ3n) is 2.48. The van der Waals surface area contributed by atoms with E-state index in [2.05, 4.69) is 51.7 Å². The van der Waals surface area contributed by atoms with E-state index in [1.807, 2.05) is 0 Å². The Morgan fingerprint density at radius 2 is 2.07 bits per heavy atom. The molecule has 0 fully saturated rings. The van der Waals surface area contributed by atoms with Gasteiger partial charge in [0.25, 0.3) is 0 Å². The maximum Gasteiger partial charge on any atom is 0.223 e. The first kappa shape index (κ1) is 12.6. The van der Waals surface area contributed by atoms with E-state index in [1.54, 1.807) is 12.4 Å². The van der Waals surface area contributed by atoms with E-state index in [9.17, 15) is 0 Å². The SMILES string of the molecule is CCC(C)(CCO)Nc1ncc(I)cn1. The maximum absolute atomic E-state index is 8.97. The molecule has 0 bridgehead atoms. The van der Waals surface area contributed by atoms with Gasteiger partial charge in [0.2, 0.25) is 5.95 Å². The summed E-state index contributed by atoms with van der Waals surface area (Å²) in [5.41, 5.74) is -0.137. The zero-order valence-electron chi connectivity index (χ0n) is 9.00. The van der Waals surface area contributed by atoms with Gasteiger partial charge >= 0.3 is 0 Å². The number of aliphatic hydroxyl groups excluding tert-OH is 1. The lowest BCUT2D eigenvalue weighted by Gasteiger charge is -2.28. The van der Waals surface area contributed by atoms with Crippen molar-refractivity contribution in [2.45, 2.75) is 32.2 Å². The Bertz CT molecular complexity index is 304. The molecule has 4 nitrogen and oxygen atoms in total. The molecule has 0 saturated heterocycles. The van der Waals surface area contributed by atoms with Gasteiger partial charge in [-0.25, -0.2) is 9.97 Å². The normalized spacial score (nSPS) is 14.7. The first-order valence-corrected chi connectivity index (χ1v) is 6.04. The molecule has 84 valence electrons. The zero-order chi connectivity index (χ0) is 11.3. The van der Waals surface area contributed by atoms with Gasteiger partial charge in [0, 0.05) is 28.1 Å². The van der Waals surface area contributed by atoms with Gasteiger partial charge in [-0.15, -0.1) is 0 Å². The smallest absolute Gasteiger partial charge is 0.223 e. The molecule has 1 rings (SSSR count). The zero-order valence-corrected chi connectivity index (χ0v) is 11.2. The molecule has 1 aromatic rings. The van der Waals surface area contributed by atoms with Crippen molar-refractivity contribution in [3.8, 4) is 0 Å². The van der Waals surface area contributed by atoms with Crippen molar-refractivity contribution in [2.75, 3.05) is 11.9 Å². The van der Waals surface area contributed by atoms with Crippen LogP contribution < -0.4 is 5.32 Å². The molecule has 0 aliphatic heterocycles. The molecule has 1 heterocycles. The molecule has 0 radical (unpaired) electrons. The molecule has 0 aliphatic rings. The number of aliphatic hydroxyl groups is 1. The minimum atomic E-state index is -0.137. The maximum atomic E-state index is 8.97. The number of hydrogen-bond acceptors (Lipinski definition) is 4. The van der Waals surface area contributed by atoms with E-state index in [-0.39, 0.29) is 12.1 Å².